The molecule has 1 aliphatic rings. The molecule has 2 atom stereocenters. The first-order valence-electron chi connectivity index (χ1n) is 7.58. The molecule has 0 spiro atoms. The van der Waals surface area contributed by atoms with Crippen molar-refractivity contribution in [2.24, 2.45) is 13.0 Å². The number of nitrogens with zero attached hydrogens (tertiary/aromatic N) is 2. The number of amides is 1. The van der Waals surface area contributed by atoms with Crippen LogP contribution in [0.4, 0.5) is 0 Å². The lowest BCUT2D eigenvalue weighted by molar-refractivity contribution is 0.0923. The molecule has 5 nitrogen and oxygen atoms in total. The Morgan fingerprint density at radius 3 is 2.91 bits per heavy atom. The number of H-pyrrole nitrogens is 1. The lowest BCUT2D eigenvalue weighted by atomic mass is 10.1. The number of halogens is 1. The Morgan fingerprint density at radius 2 is 2.26 bits per heavy atom. The summed E-state index contributed by atoms with van der Waals surface area (Å²) in [7, 11) is 1.88. The molecular formula is C17H17ClN4O. The average molecular weight is 329 g/mol. The molecule has 23 heavy (non-hydrogen) atoms. The number of carbonyl (C=O) groups is 1. The van der Waals surface area contributed by atoms with Gasteiger partial charge in [0.15, 0.2) is 0 Å². The minimum Gasteiger partial charge on any atom is -0.351 e. The Hall–Kier alpha value is -2.27. The van der Waals surface area contributed by atoms with Gasteiger partial charge in [-0.3, -0.25) is 9.48 Å². The zero-order chi connectivity index (χ0) is 16.2. The Labute approximate surface area is 138 Å². The fourth-order valence-electron chi connectivity index (χ4n) is 3.22. The van der Waals surface area contributed by atoms with E-state index in [0.717, 1.165) is 22.9 Å². The Bertz CT molecular complexity index is 912. The quantitative estimate of drug-likeness (QED) is 0.775. The Balaban J connectivity index is 1.63. The fourth-order valence-corrected chi connectivity index (χ4v) is 3.40. The second kappa shape index (κ2) is 4.86. The topological polar surface area (TPSA) is 62.7 Å². The summed E-state index contributed by atoms with van der Waals surface area (Å²) in [5.41, 5.74) is 2.20. The van der Waals surface area contributed by atoms with Crippen molar-refractivity contribution in [3.05, 3.63) is 52.9 Å². The third-order valence-corrected chi connectivity index (χ3v) is 4.93. The van der Waals surface area contributed by atoms with Crippen molar-refractivity contribution in [1.29, 1.82) is 0 Å². The fraction of sp³-hybridized carbons (Fsp3) is 0.294. The molecule has 0 bridgehead atoms. The van der Waals surface area contributed by atoms with Gasteiger partial charge >= 0.3 is 0 Å². The van der Waals surface area contributed by atoms with Gasteiger partial charge in [-0.05, 0) is 36.6 Å². The molecule has 1 aromatic carbocycles. The molecule has 6 heteroatoms. The molecule has 4 rings (SSSR count). The number of aromatic nitrogens is 3. The van der Waals surface area contributed by atoms with Crippen LogP contribution in [0.1, 0.15) is 29.4 Å². The normalized spacial score (nSPS) is 23.2. The van der Waals surface area contributed by atoms with E-state index in [4.69, 9.17) is 11.6 Å². The summed E-state index contributed by atoms with van der Waals surface area (Å²) < 4.78 is 1.76. The minimum absolute atomic E-state index is 0.106. The molecule has 1 fully saturated rings. The van der Waals surface area contributed by atoms with Crippen LogP contribution in [0.25, 0.3) is 10.9 Å². The van der Waals surface area contributed by atoms with Crippen molar-refractivity contribution >= 4 is 28.4 Å². The van der Waals surface area contributed by atoms with Gasteiger partial charge in [0.05, 0.1) is 11.7 Å². The third kappa shape index (κ3) is 2.32. The number of rotatable bonds is 3. The molecule has 1 saturated carbocycles. The van der Waals surface area contributed by atoms with Crippen LogP contribution in [-0.4, -0.2) is 20.7 Å². The molecule has 0 unspecified atom stereocenters. The highest BCUT2D eigenvalue weighted by molar-refractivity contribution is 6.31. The molecule has 118 valence electrons. The van der Waals surface area contributed by atoms with Crippen LogP contribution >= 0.6 is 11.6 Å². The van der Waals surface area contributed by atoms with E-state index in [0.29, 0.717) is 16.6 Å². The second-order valence-electron chi connectivity index (χ2n) is 6.35. The number of hydrogen-bond donors (Lipinski definition) is 2. The van der Waals surface area contributed by atoms with Gasteiger partial charge in [-0.2, -0.15) is 5.10 Å². The summed E-state index contributed by atoms with van der Waals surface area (Å²) >= 11 is 6.00. The second-order valence-corrected chi connectivity index (χ2v) is 6.78. The standard InChI is InChI=1S/C17H17ClN4O/c1-10-7-17(10,12-8-19-22(2)9-12)21-16(23)15-6-11-5-13(18)3-4-14(11)20-15/h3-6,8-10,20H,7H2,1-2H3,(H,21,23)/t10-,17-/m0/s1. The summed E-state index contributed by atoms with van der Waals surface area (Å²) in [5, 5.41) is 9.00. The predicted octanol–water partition coefficient (Wildman–Crippen LogP) is 3.22. The smallest absolute Gasteiger partial charge is 0.268 e. The summed E-state index contributed by atoms with van der Waals surface area (Å²) in [4.78, 5) is 15.8. The summed E-state index contributed by atoms with van der Waals surface area (Å²) in [5.74, 6) is 0.292. The van der Waals surface area contributed by atoms with E-state index >= 15 is 0 Å². The zero-order valence-electron chi connectivity index (χ0n) is 12.9. The molecule has 2 N–H and O–H groups in total. The lowest BCUT2D eigenvalue weighted by Crippen LogP contribution is -2.36. The van der Waals surface area contributed by atoms with E-state index < -0.39 is 0 Å². The van der Waals surface area contributed by atoms with Crippen molar-refractivity contribution < 1.29 is 4.79 Å². The van der Waals surface area contributed by atoms with Gasteiger partial charge in [-0.15, -0.1) is 0 Å². The van der Waals surface area contributed by atoms with Gasteiger partial charge in [0, 0.05) is 34.7 Å². The Morgan fingerprint density at radius 1 is 1.48 bits per heavy atom. The molecule has 0 radical (unpaired) electrons. The molecule has 0 aliphatic heterocycles. The molecule has 3 aromatic rings. The van der Waals surface area contributed by atoms with Gasteiger partial charge in [-0.1, -0.05) is 18.5 Å². The molecule has 2 heterocycles. The van der Waals surface area contributed by atoms with E-state index in [1.54, 1.807) is 4.68 Å². The number of benzene rings is 1. The largest absolute Gasteiger partial charge is 0.351 e. The van der Waals surface area contributed by atoms with Crippen LogP contribution in [0.3, 0.4) is 0 Å². The van der Waals surface area contributed by atoms with Crippen LogP contribution in [0, 0.1) is 5.92 Å². The number of hydrogen-bond acceptors (Lipinski definition) is 2. The molecule has 1 amide bonds. The van der Waals surface area contributed by atoms with E-state index in [-0.39, 0.29) is 11.4 Å². The van der Waals surface area contributed by atoms with Crippen molar-refractivity contribution in [2.75, 3.05) is 0 Å². The van der Waals surface area contributed by atoms with Crippen molar-refractivity contribution in [2.45, 2.75) is 18.9 Å². The maximum absolute atomic E-state index is 12.7. The van der Waals surface area contributed by atoms with Crippen LogP contribution in [0.5, 0.6) is 0 Å². The molecule has 2 aromatic heterocycles. The summed E-state index contributed by atoms with van der Waals surface area (Å²) in [6.07, 6.45) is 4.72. The van der Waals surface area contributed by atoms with Gasteiger partial charge in [-0.25, -0.2) is 0 Å². The summed E-state index contributed by atoms with van der Waals surface area (Å²) in [6, 6.07) is 7.37. The third-order valence-electron chi connectivity index (χ3n) is 4.69. The number of nitrogens with one attached hydrogen (secondary N) is 2. The van der Waals surface area contributed by atoms with Gasteiger partial charge < -0.3 is 10.3 Å². The van der Waals surface area contributed by atoms with Crippen molar-refractivity contribution in [1.82, 2.24) is 20.1 Å². The van der Waals surface area contributed by atoms with E-state index in [1.807, 2.05) is 43.7 Å². The Kier molecular flexibility index (Phi) is 3.03. The monoisotopic (exact) mass is 328 g/mol. The van der Waals surface area contributed by atoms with Gasteiger partial charge in [0.2, 0.25) is 0 Å². The van der Waals surface area contributed by atoms with E-state index in [9.17, 15) is 4.79 Å². The maximum atomic E-state index is 12.7. The lowest BCUT2D eigenvalue weighted by Gasteiger charge is -2.16. The SMILES string of the molecule is C[C@H]1C[C@@]1(NC(=O)c1cc2cc(Cl)ccc2[nH]1)c1cnn(C)c1. The highest BCUT2D eigenvalue weighted by Gasteiger charge is 2.54. The highest BCUT2D eigenvalue weighted by atomic mass is 35.5. The van der Waals surface area contributed by atoms with Crippen LogP contribution in [0.15, 0.2) is 36.7 Å². The van der Waals surface area contributed by atoms with E-state index in [2.05, 4.69) is 22.3 Å². The first kappa shape index (κ1) is 14.3. The van der Waals surface area contributed by atoms with Crippen molar-refractivity contribution in [3.63, 3.8) is 0 Å². The number of carbonyl (C=O) groups excluding carboxylic acids is 1. The molecule has 1 aliphatic carbocycles. The van der Waals surface area contributed by atoms with Crippen molar-refractivity contribution in [3.8, 4) is 0 Å². The van der Waals surface area contributed by atoms with Crippen LogP contribution in [0.2, 0.25) is 5.02 Å². The predicted molar refractivity (Wildman–Crippen MR) is 89.4 cm³/mol. The van der Waals surface area contributed by atoms with Crippen LogP contribution < -0.4 is 5.32 Å². The molecular weight excluding hydrogens is 312 g/mol. The number of aryl methyl sites for hydroxylation is 1. The first-order chi connectivity index (χ1) is 11.0. The van der Waals surface area contributed by atoms with Gasteiger partial charge in [0.25, 0.3) is 5.91 Å². The number of fused-ring (bicyclic) bond motifs is 1. The van der Waals surface area contributed by atoms with E-state index in [1.165, 1.54) is 0 Å². The number of aromatic amines is 1. The first-order valence-corrected chi connectivity index (χ1v) is 7.96. The highest BCUT2D eigenvalue weighted by Crippen LogP contribution is 2.51. The zero-order valence-corrected chi connectivity index (χ0v) is 13.7. The van der Waals surface area contributed by atoms with Gasteiger partial charge in [0.1, 0.15) is 5.69 Å². The minimum atomic E-state index is -0.305. The van der Waals surface area contributed by atoms with Crippen LogP contribution in [-0.2, 0) is 12.6 Å². The molecule has 0 saturated heterocycles. The maximum Gasteiger partial charge on any atom is 0.268 e. The average Bonchev–Trinajstić information content (AvgIpc) is 2.90. The summed E-state index contributed by atoms with van der Waals surface area (Å²) in [6.45, 7) is 2.14.